The van der Waals surface area contributed by atoms with Crippen molar-refractivity contribution in [3.8, 4) is 11.5 Å². The van der Waals surface area contributed by atoms with Gasteiger partial charge in [-0.3, -0.25) is 4.52 Å². The van der Waals surface area contributed by atoms with E-state index in [0.717, 1.165) is 4.57 Å². The SMILES string of the molecule is O=C(OCn1c(-c2cc(C(F)(F)F)nc(C3CC3)n2)noc1=O)c1ccccc1. The van der Waals surface area contributed by atoms with Crippen LogP contribution in [0.1, 0.15) is 40.6 Å². The van der Waals surface area contributed by atoms with Crippen molar-refractivity contribution >= 4 is 5.97 Å². The van der Waals surface area contributed by atoms with Gasteiger partial charge in [-0.25, -0.2) is 24.1 Å². The highest BCUT2D eigenvalue weighted by Crippen LogP contribution is 2.40. The quantitative estimate of drug-likeness (QED) is 0.601. The van der Waals surface area contributed by atoms with Gasteiger partial charge in [-0.15, -0.1) is 0 Å². The molecule has 1 aromatic carbocycles. The molecular weight excluding hydrogens is 393 g/mol. The lowest BCUT2D eigenvalue weighted by molar-refractivity contribution is -0.141. The number of ether oxygens (including phenoxy) is 1. The molecule has 1 saturated carbocycles. The van der Waals surface area contributed by atoms with Gasteiger partial charge in [-0.05, 0) is 31.0 Å². The first-order valence-electron chi connectivity index (χ1n) is 8.58. The number of benzene rings is 1. The number of carbonyl (C=O) groups excluding carboxylic acids is 1. The molecule has 4 rings (SSSR count). The number of hydrogen-bond acceptors (Lipinski definition) is 7. The van der Waals surface area contributed by atoms with Crippen LogP contribution in [0.15, 0.2) is 45.7 Å². The Bertz CT molecular complexity index is 1100. The maximum atomic E-state index is 13.2. The highest BCUT2D eigenvalue weighted by molar-refractivity contribution is 5.89. The minimum atomic E-state index is -4.70. The van der Waals surface area contributed by atoms with Crippen molar-refractivity contribution in [2.75, 3.05) is 0 Å². The minimum absolute atomic E-state index is 0.0260. The molecule has 1 aliphatic carbocycles. The van der Waals surface area contributed by atoms with Crippen LogP contribution < -0.4 is 5.76 Å². The maximum absolute atomic E-state index is 13.2. The van der Waals surface area contributed by atoms with Crippen LogP contribution in [0.5, 0.6) is 0 Å². The van der Waals surface area contributed by atoms with Crippen LogP contribution in [0, 0.1) is 0 Å². The normalized spacial score (nSPS) is 14.0. The van der Waals surface area contributed by atoms with Crippen LogP contribution in [0.4, 0.5) is 13.2 Å². The zero-order valence-electron chi connectivity index (χ0n) is 14.7. The fraction of sp³-hybridized carbons (Fsp3) is 0.278. The largest absolute Gasteiger partial charge is 0.444 e. The predicted molar refractivity (Wildman–Crippen MR) is 90.6 cm³/mol. The van der Waals surface area contributed by atoms with Crippen molar-refractivity contribution in [1.82, 2.24) is 19.7 Å². The van der Waals surface area contributed by atoms with Gasteiger partial charge in [0, 0.05) is 5.92 Å². The number of esters is 1. The molecule has 0 unspecified atom stereocenters. The van der Waals surface area contributed by atoms with E-state index in [-0.39, 0.29) is 28.8 Å². The summed E-state index contributed by atoms with van der Waals surface area (Å²) in [7, 11) is 0. The van der Waals surface area contributed by atoms with Gasteiger partial charge in [0.1, 0.15) is 17.2 Å². The van der Waals surface area contributed by atoms with Crippen LogP contribution in [-0.4, -0.2) is 25.7 Å². The summed E-state index contributed by atoms with van der Waals surface area (Å²) in [4.78, 5) is 31.7. The van der Waals surface area contributed by atoms with Crippen LogP contribution in [0.25, 0.3) is 11.5 Å². The molecule has 0 amide bonds. The molecule has 0 aliphatic heterocycles. The molecule has 8 nitrogen and oxygen atoms in total. The molecule has 0 bridgehead atoms. The maximum Gasteiger partial charge on any atom is 0.444 e. The van der Waals surface area contributed by atoms with E-state index in [9.17, 15) is 22.8 Å². The number of nitrogens with zero attached hydrogens (tertiary/aromatic N) is 4. The third-order valence-electron chi connectivity index (χ3n) is 4.23. The lowest BCUT2D eigenvalue weighted by atomic mass is 10.2. The molecule has 2 heterocycles. The molecular formula is C18H13F3N4O4. The van der Waals surface area contributed by atoms with Gasteiger partial charge >= 0.3 is 17.9 Å². The molecule has 0 radical (unpaired) electrons. The Morgan fingerprint density at radius 1 is 1.21 bits per heavy atom. The standard InChI is InChI=1S/C18H13F3N4O4/c19-18(20,21)13-8-12(22-14(23-13)10-6-7-10)15-24-29-17(27)25(15)9-28-16(26)11-4-2-1-3-5-11/h1-5,8,10H,6-7,9H2. The van der Waals surface area contributed by atoms with Crippen molar-refractivity contribution in [2.45, 2.75) is 31.7 Å². The van der Waals surface area contributed by atoms with Gasteiger partial charge in [-0.1, -0.05) is 23.4 Å². The Kier molecular flexibility index (Phi) is 4.65. The average Bonchev–Trinajstić information content (AvgIpc) is 3.49. The molecule has 11 heteroatoms. The first kappa shape index (κ1) is 18.8. The Labute approximate surface area is 160 Å². The summed E-state index contributed by atoms with van der Waals surface area (Å²) in [6.07, 6.45) is -3.34. The highest BCUT2D eigenvalue weighted by Gasteiger charge is 2.37. The van der Waals surface area contributed by atoms with Crippen LogP contribution in [0.3, 0.4) is 0 Å². The van der Waals surface area contributed by atoms with Gasteiger partial charge in [0.2, 0.25) is 5.82 Å². The zero-order chi connectivity index (χ0) is 20.6. The molecule has 0 N–H and O–H groups in total. The van der Waals surface area contributed by atoms with E-state index in [1.165, 1.54) is 12.1 Å². The Morgan fingerprint density at radius 2 is 1.93 bits per heavy atom. The second kappa shape index (κ2) is 7.15. The minimum Gasteiger partial charge on any atom is -0.440 e. The zero-order valence-corrected chi connectivity index (χ0v) is 14.7. The fourth-order valence-corrected chi connectivity index (χ4v) is 2.60. The molecule has 150 valence electrons. The topological polar surface area (TPSA) is 100 Å². The number of halogens is 3. The lowest BCUT2D eigenvalue weighted by Gasteiger charge is -2.10. The number of hydrogen-bond donors (Lipinski definition) is 0. The smallest absolute Gasteiger partial charge is 0.440 e. The van der Waals surface area contributed by atoms with E-state index in [0.29, 0.717) is 18.9 Å². The Morgan fingerprint density at radius 3 is 2.59 bits per heavy atom. The van der Waals surface area contributed by atoms with Crippen LogP contribution in [0.2, 0.25) is 0 Å². The van der Waals surface area contributed by atoms with Crippen molar-refractivity contribution in [2.24, 2.45) is 0 Å². The van der Waals surface area contributed by atoms with E-state index < -0.39 is 30.3 Å². The van der Waals surface area contributed by atoms with Crippen molar-refractivity contribution in [3.05, 3.63) is 64.0 Å². The third-order valence-corrected chi connectivity index (χ3v) is 4.23. The summed E-state index contributed by atoms with van der Waals surface area (Å²) in [6, 6.07) is 8.69. The van der Waals surface area contributed by atoms with E-state index in [4.69, 9.17) is 4.74 Å². The molecule has 1 fully saturated rings. The third kappa shape index (κ3) is 4.03. The van der Waals surface area contributed by atoms with E-state index in [1.807, 2.05) is 0 Å². The first-order chi connectivity index (χ1) is 13.8. The molecule has 1 aliphatic rings. The fourth-order valence-electron chi connectivity index (χ4n) is 2.60. The summed E-state index contributed by atoms with van der Waals surface area (Å²) in [5.41, 5.74) is -1.14. The summed E-state index contributed by atoms with van der Waals surface area (Å²) in [6.45, 7) is -0.602. The molecule has 0 saturated heterocycles. The number of rotatable bonds is 5. The van der Waals surface area contributed by atoms with Crippen LogP contribution in [-0.2, 0) is 17.6 Å². The molecule has 2 aromatic heterocycles. The Hall–Kier alpha value is -3.50. The summed E-state index contributed by atoms with van der Waals surface area (Å²) < 4.78 is 50.1. The van der Waals surface area contributed by atoms with Gasteiger partial charge < -0.3 is 4.74 Å². The highest BCUT2D eigenvalue weighted by atomic mass is 19.4. The van der Waals surface area contributed by atoms with Gasteiger partial charge in [0.05, 0.1) is 5.56 Å². The number of carbonyl (C=O) groups is 1. The second-order valence-corrected chi connectivity index (χ2v) is 6.40. The number of aromatic nitrogens is 4. The van der Waals surface area contributed by atoms with Crippen molar-refractivity contribution in [1.29, 1.82) is 0 Å². The average molecular weight is 406 g/mol. The van der Waals surface area contributed by atoms with Crippen molar-refractivity contribution < 1.29 is 27.2 Å². The van der Waals surface area contributed by atoms with Gasteiger partial charge in [0.25, 0.3) is 0 Å². The first-order valence-corrected chi connectivity index (χ1v) is 8.58. The lowest BCUT2D eigenvalue weighted by Crippen LogP contribution is -2.20. The van der Waals surface area contributed by atoms with Crippen molar-refractivity contribution in [3.63, 3.8) is 0 Å². The van der Waals surface area contributed by atoms with E-state index >= 15 is 0 Å². The van der Waals surface area contributed by atoms with Gasteiger partial charge in [0.15, 0.2) is 6.73 Å². The Balaban J connectivity index is 1.66. The number of alkyl halides is 3. The second-order valence-electron chi connectivity index (χ2n) is 6.40. The van der Waals surface area contributed by atoms with E-state index in [2.05, 4.69) is 19.6 Å². The summed E-state index contributed by atoms with van der Waals surface area (Å²) >= 11 is 0. The van der Waals surface area contributed by atoms with Crippen LogP contribution >= 0.6 is 0 Å². The monoisotopic (exact) mass is 406 g/mol. The van der Waals surface area contributed by atoms with Gasteiger partial charge in [-0.2, -0.15) is 13.2 Å². The summed E-state index contributed by atoms with van der Waals surface area (Å²) in [5.74, 6) is -2.15. The van der Waals surface area contributed by atoms with E-state index in [1.54, 1.807) is 18.2 Å². The molecule has 0 spiro atoms. The molecule has 29 heavy (non-hydrogen) atoms. The molecule has 0 atom stereocenters. The summed E-state index contributed by atoms with van der Waals surface area (Å²) in [5, 5.41) is 3.51. The molecule has 3 aromatic rings. The predicted octanol–water partition coefficient (Wildman–Crippen LogP) is 3.00.